The number of carbonyl (C=O) groups is 3. The maximum Gasteiger partial charge on any atom is 0.335 e. The first-order valence-corrected chi connectivity index (χ1v) is 14.7. The molecule has 0 saturated heterocycles. The van der Waals surface area contributed by atoms with Crippen LogP contribution in [0.25, 0.3) is 22.5 Å². The van der Waals surface area contributed by atoms with Gasteiger partial charge in [0.2, 0.25) is 5.91 Å². The van der Waals surface area contributed by atoms with E-state index in [0.717, 1.165) is 22.3 Å². The third-order valence-electron chi connectivity index (χ3n) is 7.86. The van der Waals surface area contributed by atoms with Crippen molar-refractivity contribution in [2.24, 2.45) is 0 Å². The first-order chi connectivity index (χ1) is 22.4. The van der Waals surface area contributed by atoms with Crippen molar-refractivity contribution in [1.82, 2.24) is 20.6 Å². The largest absolute Gasteiger partial charge is 0.478 e. The van der Waals surface area contributed by atoms with E-state index >= 15 is 0 Å². The van der Waals surface area contributed by atoms with Crippen LogP contribution in [-0.2, 0) is 11.3 Å². The lowest BCUT2D eigenvalue weighted by atomic mass is 9.94. The maximum atomic E-state index is 14.2. The number of anilines is 1. The summed E-state index contributed by atoms with van der Waals surface area (Å²) < 4.78 is 0. The molecule has 9 nitrogen and oxygen atoms in total. The van der Waals surface area contributed by atoms with Crippen LogP contribution in [-0.4, -0.2) is 43.4 Å². The van der Waals surface area contributed by atoms with E-state index in [9.17, 15) is 19.5 Å². The lowest BCUT2D eigenvalue weighted by Gasteiger charge is -2.27. The average Bonchev–Trinajstić information content (AvgIpc) is 3.66. The minimum Gasteiger partial charge on any atom is -0.478 e. The van der Waals surface area contributed by atoms with Gasteiger partial charge in [-0.1, -0.05) is 103 Å². The van der Waals surface area contributed by atoms with Crippen LogP contribution in [0.5, 0.6) is 0 Å². The predicted molar refractivity (Wildman–Crippen MR) is 174 cm³/mol. The number of nitrogens with one attached hydrogen (secondary N) is 1. The van der Waals surface area contributed by atoms with Gasteiger partial charge in [-0.15, -0.1) is 5.10 Å². The van der Waals surface area contributed by atoms with Gasteiger partial charge in [-0.2, -0.15) is 0 Å². The number of carboxylic acids is 1. The average molecular weight is 608 g/mol. The molecule has 1 heterocycles. The number of tetrazole rings is 1. The highest BCUT2D eigenvalue weighted by molar-refractivity contribution is 6.09. The van der Waals surface area contributed by atoms with Crippen LogP contribution in [0.4, 0.5) is 5.69 Å². The van der Waals surface area contributed by atoms with E-state index in [4.69, 9.17) is 0 Å². The number of amides is 1. The molecule has 226 valence electrons. The van der Waals surface area contributed by atoms with E-state index < -0.39 is 11.9 Å². The Morgan fingerprint density at radius 1 is 0.739 bits per heavy atom. The highest BCUT2D eigenvalue weighted by Crippen LogP contribution is 2.31. The molecule has 6 aromatic rings. The molecule has 5 aromatic carbocycles. The van der Waals surface area contributed by atoms with Crippen LogP contribution in [0, 0.1) is 0 Å². The van der Waals surface area contributed by atoms with Crippen LogP contribution < -0.4 is 4.90 Å². The van der Waals surface area contributed by atoms with Gasteiger partial charge in [-0.3, -0.25) is 9.59 Å². The molecule has 0 radical (unpaired) electrons. The summed E-state index contributed by atoms with van der Waals surface area (Å²) in [7, 11) is 0. The van der Waals surface area contributed by atoms with Crippen molar-refractivity contribution >= 4 is 23.3 Å². The predicted octanol–water partition coefficient (Wildman–Crippen LogP) is 6.80. The fourth-order valence-electron chi connectivity index (χ4n) is 5.37. The molecule has 9 heteroatoms. The molecule has 0 spiro atoms. The second-order valence-corrected chi connectivity index (χ2v) is 10.8. The normalized spacial score (nSPS) is 11.5. The van der Waals surface area contributed by atoms with Gasteiger partial charge in [0.25, 0.3) is 0 Å². The van der Waals surface area contributed by atoms with Gasteiger partial charge in [0.05, 0.1) is 18.0 Å². The molecule has 1 aromatic heterocycles. The Kier molecular flexibility index (Phi) is 8.55. The Morgan fingerprint density at radius 2 is 1.41 bits per heavy atom. The molecule has 0 aliphatic carbocycles. The van der Waals surface area contributed by atoms with Crippen molar-refractivity contribution < 1.29 is 19.5 Å². The van der Waals surface area contributed by atoms with Crippen LogP contribution in [0.3, 0.4) is 0 Å². The minimum absolute atomic E-state index is 0.0762. The first-order valence-electron chi connectivity index (χ1n) is 14.7. The molecular formula is C37H29N5O4. The molecule has 0 saturated carbocycles. The van der Waals surface area contributed by atoms with Crippen LogP contribution >= 0.6 is 0 Å². The zero-order chi connectivity index (χ0) is 32.0. The number of hydrogen-bond acceptors (Lipinski definition) is 6. The van der Waals surface area contributed by atoms with E-state index in [1.807, 2.05) is 72.8 Å². The number of carbonyl (C=O) groups excluding carboxylic acids is 2. The number of H-pyrrole nitrogens is 1. The molecule has 1 unspecified atom stereocenters. The van der Waals surface area contributed by atoms with E-state index in [1.165, 1.54) is 12.1 Å². The number of aromatic amines is 1. The molecular weight excluding hydrogens is 578 g/mol. The molecule has 0 aliphatic rings. The lowest BCUT2D eigenvalue weighted by molar-refractivity contribution is -0.119. The van der Waals surface area contributed by atoms with E-state index in [0.29, 0.717) is 28.2 Å². The zero-order valence-electron chi connectivity index (χ0n) is 24.9. The van der Waals surface area contributed by atoms with E-state index in [1.54, 1.807) is 54.3 Å². The van der Waals surface area contributed by atoms with Gasteiger partial charge in [-0.25, -0.2) is 9.89 Å². The highest BCUT2D eigenvalue weighted by atomic mass is 16.4. The van der Waals surface area contributed by atoms with Crippen molar-refractivity contribution in [2.75, 3.05) is 4.90 Å². The number of aromatic carboxylic acids is 1. The molecule has 46 heavy (non-hydrogen) atoms. The fourth-order valence-corrected chi connectivity index (χ4v) is 5.37. The summed E-state index contributed by atoms with van der Waals surface area (Å²) in [5.74, 6) is -1.52. The lowest BCUT2D eigenvalue weighted by Crippen LogP contribution is -2.34. The van der Waals surface area contributed by atoms with Crippen LogP contribution in [0.1, 0.15) is 50.2 Å². The Hall–Kier alpha value is -6.22. The van der Waals surface area contributed by atoms with Gasteiger partial charge in [0.15, 0.2) is 11.6 Å². The van der Waals surface area contributed by atoms with Gasteiger partial charge in [-0.05, 0) is 63.9 Å². The standard InChI is InChI=1S/C37H29N5O4/c1-24(28-11-7-12-29(21-28)34(43)27-9-3-2-4-10-27)36(44)42(31-14-8-13-30(22-31)37(45)46)23-25-17-19-26(20-18-25)32-15-5-6-16-33(32)35-38-40-41-39-35/h2-22,24H,23H2,1H3,(H,45,46)(H,38,39,40,41). The van der Waals surface area contributed by atoms with Crippen molar-refractivity contribution in [2.45, 2.75) is 19.4 Å². The molecule has 1 atom stereocenters. The van der Waals surface area contributed by atoms with Crippen molar-refractivity contribution in [3.05, 3.63) is 155 Å². The Labute approximate surface area is 265 Å². The third-order valence-corrected chi connectivity index (χ3v) is 7.86. The van der Waals surface area contributed by atoms with Crippen molar-refractivity contribution in [1.29, 1.82) is 0 Å². The monoisotopic (exact) mass is 607 g/mol. The summed E-state index contributed by atoms with van der Waals surface area (Å²) in [6, 6.07) is 38.0. The van der Waals surface area contributed by atoms with Gasteiger partial charge >= 0.3 is 5.97 Å². The summed E-state index contributed by atoms with van der Waals surface area (Å²) in [5, 5.41) is 23.9. The number of benzene rings is 5. The minimum atomic E-state index is -1.08. The fraction of sp³-hybridized carbons (Fsp3) is 0.0811. The quantitative estimate of drug-likeness (QED) is 0.164. The van der Waals surface area contributed by atoms with E-state index in [2.05, 4.69) is 20.6 Å². The first kappa shape index (κ1) is 29.8. The molecule has 0 aliphatic heterocycles. The molecule has 2 N–H and O–H groups in total. The summed E-state index contributed by atoms with van der Waals surface area (Å²) in [4.78, 5) is 40.8. The maximum absolute atomic E-state index is 14.2. The molecule has 0 fully saturated rings. The summed E-state index contributed by atoms with van der Waals surface area (Å²) in [6.45, 7) is 1.99. The number of aromatic nitrogens is 4. The molecule has 6 rings (SSSR count). The summed E-state index contributed by atoms with van der Waals surface area (Å²) in [6.07, 6.45) is 0. The second-order valence-electron chi connectivity index (χ2n) is 10.8. The van der Waals surface area contributed by atoms with Gasteiger partial charge < -0.3 is 10.0 Å². The molecule has 1 amide bonds. The van der Waals surface area contributed by atoms with Crippen molar-refractivity contribution in [3.63, 3.8) is 0 Å². The SMILES string of the molecule is CC(C(=O)N(Cc1ccc(-c2ccccc2-c2nnn[nH]2)cc1)c1cccc(C(=O)O)c1)c1cccc(C(=O)c2ccccc2)c1. The number of ketones is 1. The van der Waals surface area contributed by atoms with Crippen LogP contribution in [0.15, 0.2) is 127 Å². The van der Waals surface area contributed by atoms with Gasteiger partial charge in [0, 0.05) is 22.4 Å². The number of carboxylic acid groups (broad SMARTS) is 1. The smallest absolute Gasteiger partial charge is 0.335 e. The Bertz CT molecular complexity index is 2010. The van der Waals surface area contributed by atoms with Crippen molar-refractivity contribution in [3.8, 4) is 22.5 Å². The third kappa shape index (κ3) is 6.34. The Balaban J connectivity index is 1.31. The van der Waals surface area contributed by atoms with E-state index in [-0.39, 0.29) is 23.8 Å². The summed E-state index contributed by atoms with van der Waals surface area (Å²) in [5.41, 5.74) is 5.84. The summed E-state index contributed by atoms with van der Waals surface area (Å²) >= 11 is 0. The zero-order valence-corrected chi connectivity index (χ0v) is 24.9. The number of hydrogen-bond donors (Lipinski definition) is 2. The topological polar surface area (TPSA) is 129 Å². The van der Waals surface area contributed by atoms with Crippen LogP contribution in [0.2, 0.25) is 0 Å². The molecule has 0 bridgehead atoms. The second kappa shape index (κ2) is 13.2. The Morgan fingerprint density at radius 3 is 2.13 bits per heavy atom. The van der Waals surface area contributed by atoms with Gasteiger partial charge in [0.1, 0.15) is 0 Å². The highest BCUT2D eigenvalue weighted by Gasteiger charge is 2.25. The number of nitrogens with zero attached hydrogens (tertiary/aromatic N) is 4. The number of rotatable bonds is 10.